The molecule has 0 atom stereocenters. The van der Waals surface area contributed by atoms with Crippen LogP contribution in [0.4, 0.5) is 0 Å². The van der Waals surface area contributed by atoms with Crippen molar-refractivity contribution in [2.45, 2.75) is 13.2 Å². The van der Waals surface area contributed by atoms with Crippen molar-refractivity contribution < 1.29 is 9.53 Å². The number of esters is 1. The lowest BCUT2D eigenvalue weighted by molar-refractivity contribution is 0.0466. The summed E-state index contributed by atoms with van der Waals surface area (Å²) in [6, 6.07) is 11.4. The predicted molar refractivity (Wildman–Crippen MR) is 69.1 cm³/mol. The minimum Gasteiger partial charge on any atom is -0.456 e. The number of ether oxygens (including phenoxy) is 1. The average Bonchev–Trinajstić information content (AvgIpc) is 2.86. The second kappa shape index (κ2) is 6.02. The number of aromatic nitrogens is 1. The largest absolute Gasteiger partial charge is 0.456 e. The molecule has 4 nitrogen and oxygen atoms in total. The molecule has 0 unspecified atom stereocenters. The third kappa shape index (κ3) is 3.21. The van der Waals surface area contributed by atoms with E-state index in [1.807, 2.05) is 37.4 Å². The Labute approximate surface area is 106 Å². The van der Waals surface area contributed by atoms with Crippen LogP contribution >= 0.6 is 0 Å². The Morgan fingerprint density at radius 3 is 2.78 bits per heavy atom. The van der Waals surface area contributed by atoms with Crippen molar-refractivity contribution in [1.29, 1.82) is 0 Å². The van der Waals surface area contributed by atoms with E-state index in [0.717, 1.165) is 17.7 Å². The lowest BCUT2D eigenvalue weighted by Crippen LogP contribution is -2.06. The van der Waals surface area contributed by atoms with Crippen molar-refractivity contribution in [3.05, 3.63) is 59.4 Å². The molecule has 0 saturated carbocycles. The van der Waals surface area contributed by atoms with E-state index in [9.17, 15) is 4.79 Å². The van der Waals surface area contributed by atoms with Crippen LogP contribution in [0.15, 0.2) is 42.6 Å². The molecule has 2 aromatic rings. The minimum atomic E-state index is -0.332. The first-order valence-corrected chi connectivity index (χ1v) is 5.82. The maximum atomic E-state index is 11.8. The van der Waals surface area contributed by atoms with E-state index in [1.165, 1.54) is 0 Å². The number of H-pyrrole nitrogens is 1. The number of nitrogens with one attached hydrogen (secondary N) is 2. The van der Waals surface area contributed by atoms with E-state index in [1.54, 1.807) is 12.3 Å². The third-order valence-electron chi connectivity index (χ3n) is 2.56. The summed E-state index contributed by atoms with van der Waals surface area (Å²) in [7, 11) is 1.86. The molecule has 4 heteroatoms. The monoisotopic (exact) mass is 244 g/mol. The third-order valence-corrected chi connectivity index (χ3v) is 2.56. The minimum absolute atomic E-state index is 0.292. The lowest BCUT2D eigenvalue weighted by Gasteiger charge is -2.02. The van der Waals surface area contributed by atoms with Crippen molar-refractivity contribution in [3.63, 3.8) is 0 Å². The highest BCUT2D eigenvalue weighted by molar-refractivity contribution is 5.87. The highest BCUT2D eigenvalue weighted by Gasteiger charge is 2.09. The smallest absolute Gasteiger partial charge is 0.355 e. The number of rotatable bonds is 5. The van der Waals surface area contributed by atoms with Crippen LogP contribution in [0.25, 0.3) is 0 Å². The molecule has 0 radical (unpaired) electrons. The van der Waals surface area contributed by atoms with Crippen molar-refractivity contribution in [2.75, 3.05) is 7.05 Å². The van der Waals surface area contributed by atoms with Gasteiger partial charge in [0.15, 0.2) is 0 Å². The summed E-state index contributed by atoms with van der Waals surface area (Å²) in [5.74, 6) is -0.332. The lowest BCUT2D eigenvalue weighted by atomic mass is 10.2. The van der Waals surface area contributed by atoms with Gasteiger partial charge in [0.05, 0.1) is 0 Å². The Balaban J connectivity index is 1.91. The van der Waals surface area contributed by atoms with Crippen molar-refractivity contribution in [3.8, 4) is 0 Å². The number of benzene rings is 1. The second-order valence-electron chi connectivity index (χ2n) is 4.01. The standard InChI is InChI=1S/C14H16N2O2/c1-15-8-12-7-13(16-9-12)14(17)18-10-11-5-3-2-4-6-11/h2-7,9,15-16H,8,10H2,1H3. The van der Waals surface area contributed by atoms with Crippen LogP contribution in [-0.4, -0.2) is 18.0 Å². The van der Waals surface area contributed by atoms with E-state index < -0.39 is 0 Å². The van der Waals surface area contributed by atoms with Crippen LogP contribution in [0, 0.1) is 0 Å². The predicted octanol–water partition coefficient (Wildman–Crippen LogP) is 2.09. The Bertz CT molecular complexity index is 506. The molecule has 2 rings (SSSR count). The van der Waals surface area contributed by atoms with Crippen LogP contribution < -0.4 is 5.32 Å². The number of carbonyl (C=O) groups is 1. The van der Waals surface area contributed by atoms with E-state index in [0.29, 0.717) is 12.3 Å². The maximum Gasteiger partial charge on any atom is 0.355 e. The van der Waals surface area contributed by atoms with Gasteiger partial charge in [0.25, 0.3) is 0 Å². The quantitative estimate of drug-likeness (QED) is 0.792. The molecular formula is C14H16N2O2. The van der Waals surface area contributed by atoms with Crippen LogP contribution in [0.5, 0.6) is 0 Å². The fourth-order valence-corrected chi connectivity index (χ4v) is 1.66. The van der Waals surface area contributed by atoms with Crippen molar-refractivity contribution >= 4 is 5.97 Å². The first kappa shape index (κ1) is 12.4. The van der Waals surface area contributed by atoms with Gasteiger partial charge in [-0.3, -0.25) is 0 Å². The molecule has 1 aromatic carbocycles. The fraction of sp³-hybridized carbons (Fsp3) is 0.214. The zero-order valence-electron chi connectivity index (χ0n) is 10.3. The first-order chi connectivity index (χ1) is 8.79. The molecule has 0 aliphatic rings. The van der Waals surface area contributed by atoms with Crippen LogP contribution in [0.1, 0.15) is 21.6 Å². The highest BCUT2D eigenvalue weighted by Crippen LogP contribution is 2.07. The average molecular weight is 244 g/mol. The molecule has 0 amide bonds. The summed E-state index contributed by atoms with van der Waals surface area (Å²) in [6.45, 7) is 1.02. The molecule has 1 aromatic heterocycles. The summed E-state index contributed by atoms with van der Waals surface area (Å²) >= 11 is 0. The van der Waals surface area contributed by atoms with Crippen LogP contribution in [0.2, 0.25) is 0 Å². The molecular weight excluding hydrogens is 228 g/mol. The van der Waals surface area contributed by atoms with E-state index in [-0.39, 0.29) is 5.97 Å². The second-order valence-corrected chi connectivity index (χ2v) is 4.01. The number of aromatic amines is 1. The van der Waals surface area contributed by atoms with Gasteiger partial charge in [-0.15, -0.1) is 0 Å². The van der Waals surface area contributed by atoms with Gasteiger partial charge in [-0.2, -0.15) is 0 Å². The maximum absolute atomic E-state index is 11.8. The number of hydrogen-bond acceptors (Lipinski definition) is 3. The molecule has 0 saturated heterocycles. The van der Waals surface area contributed by atoms with Gasteiger partial charge in [0.1, 0.15) is 12.3 Å². The summed E-state index contributed by atoms with van der Waals surface area (Å²) < 4.78 is 5.22. The van der Waals surface area contributed by atoms with E-state index >= 15 is 0 Å². The van der Waals surface area contributed by atoms with Crippen LogP contribution in [-0.2, 0) is 17.9 Å². The van der Waals surface area contributed by atoms with Gasteiger partial charge < -0.3 is 15.0 Å². The van der Waals surface area contributed by atoms with Gasteiger partial charge in [0.2, 0.25) is 0 Å². The van der Waals surface area contributed by atoms with E-state index in [4.69, 9.17) is 4.74 Å². The summed E-state index contributed by atoms with van der Waals surface area (Å²) in [6.07, 6.45) is 1.80. The molecule has 0 aliphatic heterocycles. The molecule has 18 heavy (non-hydrogen) atoms. The topological polar surface area (TPSA) is 54.1 Å². The Kier molecular flexibility index (Phi) is 4.15. The zero-order chi connectivity index (χ0) is 12.8. The Morgan fingerprint density at radius 2 is 2.06 bits per heavy atom. The van der Waals surface area contributed by atoms with Gasteiger partial charge >= 0.3 is 5.97 Å². The van der Waals surface area contributed by atoms with Crippen LogP contribution in [0.3, 0.4) is 0 Å². The van der Waals surface area contributed by atoms with Gasteiger partial charge in [0, 0.05) is 12.7 Å². The Morgan fingerprint density at radius 1 is 1.28 bits per heavy atom. The molecule has 0 bridgehead atoms. The van der Waals surface area contributed by atoms with Gasteiger partial charge in [-0.1, -0.05) is 30.3 Å². The molecule has 0 spiro atoms. The molecule has 2 N–H and O–H groups in total. The summed E-state index contributed by atoms with van der Waals surface area (Å²) in [4.78, 5) is 14.7. The molecule has 94 valence electrons. The van der Waals surface area contributed by atoms with Crippen molar-refractivity contribution in [2.24, 2.45) is 0 Å². The van der Waals surface area contributed by atoms with Gasteiger partial charge in [-0.05, 0) is 24.2 Å². The molecule has 0 fully saturated rings. The highest BCUT2D eigenvalue weighted by atomic mass is 16.5. The van der Waals surface area contributed by atoms with E-state index in [2.05, 4.69) is 10.3 Å². The zero-order valence-corrected chi connectivity index (χ0v) is 10.3. The first-order valence-electron chi connectivity index (χ1n) is 5.82. The van der Waals surface area contributed by atoms with Crippen molar-refractivity contribution in [1.82, 2.24) is 10.3 Å². The Hall–Kier alpha value is -2.07. The normalized spacial score (nSPS) is 10.3. The van der Waals surface area contributed by atoms with Gasteiger partial charge in [-0.25, -0.2) is 4.79 Å². The number of carbonyl (C=O) groups excluding carboxylic acids is 1. The summed E-state index contributed by atoms with van der Waals surface area (Å²) in [5.41, 5.74) is 2.49. The molecule has 1 heterocycles. The SMILES string of the molecule is CNCc1c[nH]c(C(=O)OCc2ccccc2)c1. The molecule has 0 aliphatic carbocycles. The fourth-order valence-electron chi connectivity index (χ4n) is 1.66. The summed E-state index contributed by atoms with van der Waals surface area (Å²) in [5, 5.41) is 3.02. The number of hydrogen-bond donors (Lipinski definition) is 2.